The van der Waals surface area contributed by atoms with Crippen LogP contribution in [0.25, 0.3) is 10.8 Å². The number of halogens is 1. The summed E-state index contributed by atoms with van der Waals surface area (Å²) in [5.74, 6) is 0.0518. The average Bonchev–Trinajstić information content (AvgIpc) is 2.85. The molecule has 3 rings (SSSR count). The SMILES string of the molecule is O=C(Cc1ccc2ccccc2c1)c1ccoc1Br. The second-order valence-corrected chi connectivity index (χ2v) is 5.11. The molecular formula is C16H11BrO2. The topological polar surface area (TPSA) is 30.2 Å². The lowest BCUT2D eigenvalue weighted by molar-refractivity contribution is 0.0991. The summed E-state index contributed by atoms with van der Waals surface area (Å²) in [4.78, 5) is 12.1. The number of Topliss-reactive ketones (excluding diaryl/α,β-unsaturated/α-hetero) is 1. The Labute approximate surface area is 119 Å². The smallest absolute Gasteiger partial charge is 0.179 e. The molecule has 2 nitrogen and oxygen atoms in total. The molecule has 0 saturated carbocycles. The van der Waals surface area contributed by atoms with E-state index in [0.29, 0.717) is 16.7 Å². The van der Waals surface area contributed by atoms with Crippen LogP contribution < -0.4 is 0 Å². The minimum Gasteiger partial charge on any atom is -0.457 e. The third-order valence-corrected chi connectivity index (χ3v) is 3.71. The Hall–Kier alpha value is -1.87. The number of benzene rings is 2. The fourth-order valence-electron chi connectivity index (χ4n) is 2.12. The van der Waals surface area contributed by atoms with Crippen molar-refractivity contribution >= 4 is 32.5 Å². The summed E-state index contributed by atoms with van der Waals surface area (Å²) in [5, 5.41) is 2.34. The molecule has 0 aliphatic carbocycles. The molecule has 0 radical (unpaired) electrons. The number of hydrogen-bond acceptors (Lipinski definition) is 2. The summed E-state index contributed by atoms with van der Waals surface area (Å²) >= 11 is 3.23. The third-order valence-electron chi connectivity index (χ3n) is 3.10. The van der Waals surface area contributed by atoms with Gasteiger partial charge in [-0.05, 0) is 38.3 Å². The summed E-state index contributed by atoms with van der Waals surface area (Å²) < 4.78 is 5.59. The molecule has 0 saturated heterocycles. The largest absolute Gasteiger partial charge is 0.457 e. The summed E-state index contributed by atoms with van der Waals surface area (Å²) in [7, 11) is 0. The average molecular weight is 315 g/mol. The van der Waals surface area contributed by atoms with Crippen molar-refractivity contribution in [2.75, 3.05) is 0 Å². The first-order chi connectivity index (χ1) is 9.24. The van der Waals surface area contributed by atoms with E-state index in [1.54, 1.807) is 6.07 Å². The number of rotatable bonds is 3. The number of fused-ring (bicyclic) bond motifs is 1. The lowest BCUT2D eigenvalue weighted by Gasteiger charge is -2.03. The highest BCUT2D eigenvalue weighted by molar-refractivity contribution is 9.10. The van der Waals surface area contributed by atoms with Gasteiger partial charge in [-0.25, -0.2) is 0 Å². The first-order valence-corrected chi connectivity index (χ1v) is 6.77. The van der Waals surface area contributed by atoms with E-state index in [1.165, 1.54) is 11.6 Å². The molecule has 1 aromatic heterocycles. The van der Waals surface area contributed by atoms with Crippen LogP contribution in [-0.2, 0) is 6.42 Å². The van der Waals surface area contributed by atoms with Crippen molar-refractivity contribution in [1.82, 2.24) is 0 Å². The first-order valence-electron chi connectivity index (χ1n) is 5.98. The van der Waals surface area contributed by atoms with Gasteiger partial charge in [-0.1, -0.05) is 42.5 Å². The Morgan fingerprint density at radius 1 is 1.05 bits per heavy atom. The molecule has 0 atom stereocenters. The lowest BCUT2D eigenvalue weighted by Crippen LogP contribution is -2.02. The molecule has 0 aliphatic rings. The van der Waals surface area contributed by atoms with Crippen molar-refractivity contribution in [2.45, 2.75) is 6.42 Å². The van der Waals surface area contributed by atoms with Crippen LogP contribution in [0.5, 0.6) is 0 Å². The zero-order valence-electron chi connectivity index (χ0n) is 10.1. The molecule has 0 aliphatic heterocycles. The van der Waals surface area contributed by atoms with Gasteiger partial charge in [0.05, 0.1) is 11.8 Å². The van der Waals surface area contributed by atoms with E-state index in [0.717, 1.165) is 10.9 Å². The van der Waals surface area contributed by atoms with E-state index in [1.807, 2.05) is 24.3 Å². The Balaban J connectivity index is 1.89. The molecule has 0 amide bonds. The molecule has 1 heterocycles. The van der Waals surface area contributed by atoms with Gasteiger partial charge < -0.3 is 4.42 Å². The maximum Gasteiger partial charge on any atom is 0.179 e. The molecular weight excluding hydrogens is 304 g/mol. The molecule has 3 aromatic rings. The monoisotopic (exact) mass is 314 g/mol. The lowest BCUT2D eigenvalue weighted by atomic mass is 10.0. The van der Waals surface area contributed by atoms with Crippen molar-refractivity contribution < 1.29 is 9.21 Å². The van der Waals surface area contributed by atoms with Gasteiger partial charge in [0.25, 0.3) is 0 Å². The van der Waals surface area contributed by atoms with Gasteiger partial charge in [0.2, 0.25) is 0 Å². The van der Waals surface area contributed by atoms with Gasteiger partial charge in [-0.3, -0.25) is 4.79 Å². The zero-order chi connectivity index (χ0) is 13.2. The van der Waals surface area contributed by atoms with Crippen LogP contribution in [0.1, 0.15) is 15.9 Å². The Bertz CT molecular complexity index is 743. The number of carbonyl (C=O) groups excluding carboxylic acids is 1. The van der Waals surface area contributed by atoms with Gasteiger partial charge in [-0.2, -0.15) is 0 Å². The fraction of sp³-hybridized carbons (Fsp3) is 0.0625. The molecule has 3 heteroatoms. The summed E-state index contributed by atoms with van der Waals surface area (Å²) in [6.45, 7) is 0. The van der Waals surface area contributed by atoms with Crippen LogP contribution in [0.15, 0.2) is 63.9 Å². The Morgan fingerprint density at radius 3 is 2.58 bits per heavy atom. The predicted octanol–water partition coefficient (Wildman–Crippen LogP) is 4.62. The molecule has 19 heavy (non-hydrogen) atoms. The van der Waals surface area contributed by atoms with Crippen molar-refractivity contribution in [3.63, 3.8) is 0 Å². The van der Waals surface area contributed by atoms with E-state index in [-0.39, 0.29) is 5.78 Å². The highest BCUT2D eigenvalue weighted by Gasteiger charge is 2.13. The molecule has 0 N–H and O–H groups in total. The van der Waals surface area contributed by atoms with E-state index in [9.17, 15) is 4.79 Å². The zero-order valence-corrected chi connectivity index (χ0v) is 11.7. The number of ketones is 1. The second-order valence-electron chi connectivity index (χ2n) is 4.39. The predicted molar refractivity (Wildman–Crippen MR) is 78.4 cm³/mol. The Morgan fingerprint density at radius 2 is 1.84 bits per heavy atom. The van der Waals surface area contributed by atoms with Gasteiger partial charge in [-0.15, -0.1) is 0 Å². The summed E-state index contributed by atoms with van der Waals surface area (Å²) in [6, 6.07) is 15.9. The first kappa shape index (κ1) is 12.2. The van der Waals surface area contributed by atoms with Crippen LogP contribution in [0, 0.1) is 0 Å². The second kappa shape index (κ2) is 5.02. The molecule has 0 bridgehead atoms. The fourth-order valence-corrected chi connectivity index (χ4v) is 2.58. The minimum atomic E-state index is 0.0518. The highest BCUT2D eigenvalue weighted by Crippen LogP contribution is 2.21. The molecule has 0 fully saturated rings. The normalized spacial score (nSPS) is 10.8. The molecule has 0 unspecified atom stereocenters. The quantitative estimate of drug-likeness (QED) is 0.660. The van der Waals surface area contributed by atoms with Crippen LogP contribution in [0.3, 0.4) is 0 Å². The minimum absolute atomic E-state index is 0.0518. The Kier molecular flexibility index (Phi) is 3.22. The van der Waals surface area contributed by atoms with Gasteiger partial charge in [0.1, 0.15) is 0 Å². The maximum atomic E-state index is 12.1. The van der Waals surface area contributed by atoms with E-state index in [4.69, 9.17) is 4.42 Å². The molecule has 0 spiro atoms. The van der Waals surface area contributed by atoms with Crippen LogP contribution in [0.4, 0.5) is 0 Å². The molecule has 2 aromatic carbocycles. The summed E-state index contributed by atoms with van der Waals surface area (Å²) in [5.41, 5.74) is 1.60. The number of hydrogen-bond donors (Lipinski definition) is 0. The van der Waals surface area contributed by atoms with Crippen molar-refractivity contribution in [1.29, 1.82) is 0 Å². The van der Waals surface area contributed by atoms with Crippen molar-refractivity contribution in [2.24, 2.45) is 0 Å². The van der Waals surface area contributed by atoms with Gasteiger partial charge >= 0.3 is 0 Å². The third kappa shape index (κ3) is 2.47. The van der Waals surface area contributed by atoms with Gasteiger partial charge in [0.15, 0.2) is 10.5 Å². The van der Waals surface area contributed by atoms with Crippen LogP contribution in [-0.4, -0.2) is 5.78 Å². The van der Waals surface area contributed by atoms with Crippen molar-refractivity contribution in [3.8, 4) is 0 Å². The summed E-state index contributed by atoms with van der Waals surface area (Å²) in [6.07, 6.45) is 1.89. The van der Waals surface area contributed by atoms with Crippen LogP contribution in [0.2, 0.25) is 0 Å². The standard InChI is InChI=1S/C16H11BrO2/c17-16-14(7-8-19-16)15(18)10-11-5-6-12-3-1-2-4-13(12)9-11/h1-9H,10H2. The van der Waals surface area contributed by atoms with Crippen molar-refractivity contribution in [3.05, 3.63) is 70.6 Å². The maximum absolute atomic E-state index is 12.1. The van der Waals surface area contributed by atoms with Crippen LogP contribution >= 0.6 is 15.9 Å². The number of carbonyl (C=O) groups is 1. The number of furan rings is 1. The molecule has 94 valence electrons. The van der Waals surface area contributed by atoms with Gasteiger partial charge in [0, 0.05) is 6.42 Å². The highest BCUT2D eigenvalue weighted by atomic mass is 79.9. The van der Waals surface area contributed by atoms with E-state index in [2.05, 4.69) is 34.1 Å². The van der Waals surface area contributed by atoms with E-state index < -0.39 is 0 Å². The van der Waals surface area contributed by atoms with E-state index >= 15 is 0 Å².